The fraction of sp³-hybridized carbons (Fsp3) is 0.353. The molecule has 0 spiro atoms. The summed E-state index contributed by atoms with van der Waals surface area (Å²) < 4.78 is 1.79. The van der Waals surface area contributed by atoms with Crippen molar-refractivity contribution in [2.24, 2.45) is 0 Å². The van der Waals surface area contributed by atoms with Gasteiger partial charge in [-0.3, -0.25) is 19.7 Å². The lowest BCUT2D eigenvalue weighted by molar-refractivity contribution is -0.136. The molecule has 128 valence electrons. The van der Waals surface area contributed by atoms with Crippen LogP contribution in [0.5, 0.6) is 0 Å². The molecule has 3 amide bonds. The number of imide groups is 1. The van der Waals surface area contributed by atoms with Gasteiger partial charge in [-0.2, -0.15) is 5.10 Å². The number of benzene rings is 1. The highest BCUT2D eigenvalue weighted by Gasteiger charge is 2.39. The summed E-state index contributed by atoms with van der Waals surface area (Å²) in [5.74, 6) is -0.111. The minimum Gasteiger partial charge on any atom is -0.322 e. The Morgan fingerprint density at radius 1 is 1.28 bits per heavy atom. The molecule has 1 atom stereocenters. The average molecular weight is 339 g/mol. The molecule has 1 saturated heterocycles. The van der Waals surface area contributed by atoms with Crippen molar-refractivity contribution in [3.05, 3.63) is 35.7 Å². The molecule has 1 N–H and O–H groups in total. The number of rotatable bonds is 3. The highest BCUT2D eigenvalue weighted by molar-refractivity contribution is 6.05. The Morgan fingerprint density at radius 2 is 2.12 bits per heavy atom. The SMILES string of the molecule is CCn1ncnc1-c1ccc2c(c1)CN(C1CCC(=O)NC1=O)C2=O. The van der Waals surface area contributed by atoms with Gasteiger partial charge in [-0.15, -0.1) is 0 Å². The van der Waals surface area contributed by atoms with Crippen LogP contribution in [0.4, 0.5) is 0 Å². The van der Waals surface area contributed by atoms with Crippen LogP contribution in [-0.4, -0.2) is 43.4 Å². The molecule has 0 aliphatic carbocycles. The first kappa shape index (κ1) is 15.5. The lowest BCUT2D eigenvalue weighted by atomic mass is 10.0. The quantitative estimate of drug-likeness (QED) is 0.831. The van der Waals surface area contributed by atoms with Crippen molar-refractivity contribution in [3.63, 3.8) is 0 Å². The van der Waals surface area contributed by atoms with E-state index in [1.54, 1.807) is 15.6 Å². The molecule has 2 aliphatic rings. The van der Waals surface area contributed by atoms with Crippen LogP contribution < -0.4 is 5.32 Å². The number of piperidine rings is 1. The van der Waals surface area contributed by atoms with Crippen LogP contribution in [0.25, 0.3) is 11.4 Å². The molecule has 25 heavy (non-hydrogen) atoms. The van der Waals surface area contributed by atoms with Crippen LogP contribution in [-0.2, 0) is 22.7 Å². The van der Waals surface area contributed by atoms with E-state index in [2.05, 4.69) is 15.4 Å². The van der Waals surface area contributed by atoms with Gasteiger partial charge >= 0.3 is 0 Å². The Labute approximate surface area is 143 Å². The third-order valence-corrected chi connectivity index (χ3v) is 4.70. The number of nitrogens with zero attached hydrogens (tertiary/aromatic N) is 4. The fourth-order valence-corrected chi connectivity index (χ4v) is 3.43. The van der Waals surface area contributed by atoms with Crippen molar-refractivity contribution in [1.29, 1.82) is 0 Å². The molecule has 4 rings (SSSR count). The Hall–Kier alpha value is -3.03. The van der Waals surface area contributed by atoms with E-state index in [1.165, 1.54) is 6.33 Å². The predicted molar refractivity (Wildman–Crippen MR) is 87.2 cm³/mol. The molecule has 8 nitrogen and oxygen atoms in total. The summed E-state index contributed by atoms with van der Waals surface area (Å²) >= 11 is 0. The second kappa shape index (κ2) is 5.80. The zero-order valence-electron chi connectivity index (χ0n) is 13.7. The molecule has 0 saturated carbocycles. The van der Waals surface area contributed by atoms with Crippen molar-refractivity contribution in [3.8, 4) is 11.4 Å². The lowest BCUT2D eigenvalue weighted by Gasteiger charge is -2.29. The summed E-state index contributed by atoms with van der Waals surface area (Å²) in [4.78, 5) is 41.9. The molecule has 8 heteroatoms. The Morgan fingerprint density at radius 3 is 2.88 bits per heavy atom. The van der Waals surface area contributed by atoms with Crippen molar-refractivity contribution in [2.75, 3.05) is 0 Å². The second-order valence-corrected chi connectivity index (χ2v) is 6.17. The Balaban J connectivity index is 1.63. The second-order valence-electron chi connectivity index (χ2n) is 6.17. The minimum absolute atomic E-state index is 0.173. The van der Waals surface area contributed by atoms with Gasteiger partial charge < -0.3 is 4.90 Å². The van der Waals surface area contributed by atoms with Gasteiger partial charge in [-0.1, -0.05) is 6.07 Å². The maximum atomic E-state index is 12.7. The van der Waals surface area contributed by atoms with Crippen molar-refractivity contribution < 1.29 is 14.4 Å². The largest absolute Gasteiger partial charge is 0.322 e. The standard InChI is InChI=1S/C17H17N5O3/c1-2-22-15(18-9-19-22)10-3-4-12-11(7-10)8-21(17(12)25)13-5-6-14(23)20-16(13)24/h3-4,7,9,13H,2,5-6,8H2,1H3,(H,20,23,24). The third-order valence-electron chi connectivity index (χ3n) is 4.70. The van der Waals surface area contributed by atoms with Crippen molar-refractivity contribution >= 4 is 17.7 Å². The Bertz CT molecular complexity index is 888. The van der Waals surface area contributed by atoms with Crippen molar-refractivity contribution in [2.45, 2.75) is 38.9 Å². The number of aryl methyl sites for hydroxylation is 1. The molecule has 1 fully saturated rings. The molecule has 0 bridgehead atoms. The summed E-state index contributed by atoms with van der Waals surface area (Å²) in [6.45, 7) is 3.04. The van der Waals surface area contributed by atoms with Gasteiger partial charge in [0.05, 0.1) is 0 Å². The van der Waals surface area contributed by atoms with E-state index in [9.17, 15) is 14.4 Å². The average Bonchev–Trinajstić information content (AvgIpc) is 3.19. The van der Waals surface area contributed by atoms with E-state index in [4.69, 9.17) is 0 Å². The first-order valence-electron chi connectivity index (χ1n) is 8.24. The number of nitrogens with one attached hydrogen (secondary N) is 1. The van der Waals surface area contributed by atoms with E-state index in [-0.39, 0.29) is 18.2 Å². The van der Waals surface area contributed by atoms with E-state index >= 15 is 0 Å². The first-order chi connectivity index (χ1) is 12.1. The first-order valence-corrected chi connectivity index (χ1v) is 8.24. The van der Waals surface area contributed by atoms with Crippen LogP contribution in [0.3, 0.4) is 0 Å². The zero-order chi connectivity index (χ0) is 17.6. The van der Waals surface area contributed by atoms with Crippen molar-refractivity contribution in [1.82, 2.24) is 25.0 Å². The smallest absolute Gasteiger partial charge is 0.255 e. The molecule has 3 heterocycles. The fourth-order valence-electron chi connectivity index (χ4n) is 3.43. The van der Waals surface area contributed by atoms with E-state index in [1.807, 2.05) is 19.1 Å². The van der Waals surface area contributed by atoms with Crippen LogP contribution in [0.1, 0.15) is 35.7 Å². The molecule has 0 radical (unpaired) electrons. The number of amides is 3. The van der Waals surface area contributed by atoms with Gasteiger partial charge in [-0.25, -0.2) is 9.67 Å². The van der Waals surface area contributed by atoms with Gasteiger partial charge in [0.1, 0.15) is 12.4 Å². The van der Waals surface area contributed by atoms with Crippen LogP contribution in [0, 0.1) is 0 Å². The minimum atomic E-state index is -0.597. The summed E-state index contributed by atoms with van der Waals surface area (Å²) in [6.07, 6.45) is 2.12. The monoisotopic (exact) mass is 339 g/mol. The number of fused-ring (bicyclic) bond motifs is 1. The van der Waals surface area contributed by atoms with Crippen LogP contribution in [0.15, 0.2) is 24.5 Å². The van der Waals surface area contributed by atoms with Gasteiger partial charge in [0.15, 0.2) is 5.82 Å². The zero-order valence-corrected chi connectivity index (χ0v) is 13.7. The molecule has 2 aliphatic heterocycles. The number of carbonyl (C=O) groups is 3. The van der Waals surface area contributed by atoms with Gasteiger partial charge in [0, 0.05) is 30.6 Å². The van der Waals surface area contributed by atoms with E-state index < -0.39 is 11.9 Å². The maximum absolute atomic E-state index is 12.7. The summed E-state index contributed by atoms with van der Waals surface area (Å²) in [6, 6.07) is 4.95. The number of hydrogen-bond acceptors (Lipinski definition) is 5. The van der Waals surface area contributed by atoms with Crippen LogP contribution in [0.2, 0.25) is 0 Å². The molecule has 1 unspecified atom stereocenters. The summed E-state index contributed by atoms with van der Waals surface area (Å²) in [5.41, 5.74) is 2.34. The number of hydrogen-bond donors (Lipinski definition) is 1. The van der Waals surface area contributed by atoms with Gasteiger partial charge in [-0.05, 0) is 31.0 Å². The Kier molecular flexibility index (Phi) is 3.60. The normalized spacial score (nSPS) is 20.0. The summed E-state index contributed by atoms with van der Waals surface area (Å²) in [7, 11) is 0. The van der Waals surface area contributed by atoms with E-state index in [0.717, 1.165) is 17.0 Å². The predicted octanol–water partition coefficient (Wildman–Crippen LogP) is 0.726. The van der Waals surface area contributed by atoms with E-state index in [0.29, 0.717) is 25.1 Å². The molecule has 2 aromatic rings. The van der Waals surface area contributed by atoms with Gasteiger partial charge in [0.2, 0.25) is 11.8 Å². The van der Waals surface area contributed by atoms with Gasteiger partial charge in [0.25, 0.3) is 5.91 Å². The molecule has 1 aromatic heterocycles. The third kappa shape index (κ3) is 2.50. The highest BCUT2D eigenvalue weighted by atomic mass is 16.2. The topological polar surface area (TPSA) is 97.2 Å². The number of aromatic nitrogens is 3. The maximum Gasteiger partial charge on any atom is 0.255 e. The molecular formula is C17H17N5O3. The molecular weight excluding hydrogens is 322 g/mol. The van der Waals surface area contributed by atoms with Crippen LogP contribution >= 0.6 is 0 Å². The molecule has 1 aromatic carbocycles. The highest BCUT2D eigenvalue weighted by Crippen LogP contribution is 2.30. The lowest BCUT2D eigenvalue weighted by Crippen LogP contribution is -2.52. The summed E-state index contributed by atoms with van der Waals surface area (Å²) in [5, 5.41) is 6.48. The number of carbonyl (C=O) groups excluding carboxylic acids is 3.